The zero-order valence-electron chi connectivity index (χ0n) is 16.0. The summed E-state index contributed by atoms with van der Waals surface area (Å²) in [6.07, 6.45) is 0. The molecule has 0 saturated carbocycles. The number of anilines is 2. The van der Waals surface area contributed by atoms with Crippen molar-refractivity contribution in [3.63, 3.8) is 0 Å². The van der Waals surface area contributed by atoms with Crippen molar-refractivity contribution in [3.05, 3.63) is 81.5 Å². The van der Waals surface area contributed by atoms with Gasteiger partial charge in [0, 0.05) is 36.5 Å². The molecule has 0 radical (unpaired) electrons. The molecule has 0 atom stereocenters. The molecule has 146 valence electrons. The van der Waals surface area contributed by atoms with Crippen LogP contribution in [0.4, 0.5) is 11.4 Å². The lowest BCUT2D eigenvalue weighted by Gasteiger charge is -2.30. The minimum absolute atomic E-state index is 0.144. The van der Waals surface area contributed by atoms with Crippen LogP contribution in [-0.4, -0.2) is 19.6 Å². The molecule has 2 aromatic heterocycles. The van der Waals surface area contributed by atoms with E-state index in [1.54, 1.807) is 41.1 Å². The average Bonchev–Trinajstić information content (AvgIpc) is 2.73. The van der Waals surface area contributed by atoms with Gasteiger partial charge in [0.1, 0.15) is 0 Å². The van der Waals surface area contributed by atoms with Crippen LogP contribution in [0.5, 0.6) is 0 Å². The first kappa shape index (κ1) is 18.5. The van der Waals surface area contributed by atoms with Crippen LogP contribution in [-0.2, 0) is 0 Å². The molecular formula is C22H19N3O4. The van der Waals surface area contributed by atoms with E-state index in [9.17, 15) is 9.59 Å². The normalized spacial score (nSPS) is 11.0. The fourth-order valence-electron chi connectivity index (χ4n) is 3.36. The molecule has 2 heterocycles. The maximum Gasteiger partial charge on any atom is 0.336 e. The van der Waals surface area contributed by atoms with E-state index in [1.807, 2.05) is 31.2 Å². The number of guanidine groups is 1. The van der Waals surface area contributed by atoms with Crippen LogP contribution in [0.25, 0.3) is 21.9 Å². The van der Waals surface area contributed by atoms with E-state index < -0.39 is 11.3 Å². The molecule has 0 saturated heterocycles. The number of rotatable bonds is 3. The van der Waals surface area contributed by atoms with Gasteiger partial charge < -0.3 is 18.6 Å². The third-order valence-corrected chi connectivity index (χ3v) is 4.79. The third kappa shape index (κ3) is 3.27. The average molecular weight is 389 g/mol. The van der Waals surface area contributed by atoms with Gasteiger partial charge in [0.15, 0.2) is 11.2 Å². The molecule has 7 nitrogen and oxygen atoms in total. The molecule has 29 heavy (non-hydrogen) atoms. The number of fused-ring (bicyclic) bond motifs is 2. The highest BCUT2D eigenvalue weighted by Gasteiger charge is 2.21. The maximum absolute atomic E-state index is 11.8. The second-order valence-electron chi connectivity index (χ2n) is 6.53. The minimum Gasteiger partial charge on any atom is -0.420 e. The zero-order valence-corrected chi connectivity index (χ0v) is 16.0. The Hall–Kier alpha value is -3.87. The van der Waals surface area contributed by atoms with Crippen molar-refractivity contribution >= 4 is 39.3 Å². The second kappa shape index (κ2) is 7.27. The van der Waals surface area contributed by atoms with E-state index >= 15 is 0 Å². The van der Waals surface area contributed by atoms with Gasteiger partial charge in [-0.1, -0.05) is 24.3 Å². The SMILES string of the molecule is CCN(C(=N)N(C)c1cccc2ccc(=O)oc12)c1cccc2ccc(=O)oc12. The predicted octanol–water partition coefficient (Wildman–Crippen LogP) is 3.80. The summed E-state index contributed by atoms with van der Waals surface area (Å²) in [5, 5.41) is 10.3. The topological polar surface area (TPSA) is 90.8 Å². The first-order valence-electron chi connectivity index (χ1n) is 9.15. The van der Waals surface area contributed by atoms with Crippen LogP contribution in [0.3, 0.4) is 0 Å². The van der Waals surface area contributed by atoms with Crippen molar-refractivity contribution in [2.45, 2.75) is 6.92 Å². The Morgan fingerprint density at radius 1 is 0.828 bits per heavy atom. The standard InChI is InChI=1S/C22H19N3O4/c1-3-25(17-9-5-7-15-11-13-19(27)29-21(15)17)22(23)24(2)16-8-4-6-14-10-12-18(26)28-20(14)16/h4-13,23H,3H2,1-2H3. The maximum atomic E-state index is 11.8. The fraction of sp³-hybridized carbons (Fsp3) is 0.136. The number of para-hydroxylation sites is 2. The summed E-state index contributed by atoms with van der Waals surface area (Å²) in [7, 11) is 1.73. The van der Waals surface area contributed by atoms with Gasteiger partial charge in [-0.05, 0) is 31.2 Å². The van der Waals surface area contributed by atoms with Gasteiger partial charge in [0.05, 0.1) is 11.4 Å². The Balaban J connectivity index is 1.81. The summed E-state index contributed by atoms with van der Waals surface area (Å²) >= 11 is 0. The van der Waals surface area contributed by atoms with Crippen LogP contribution in [0.15, 0.2) is 79.1 Å². The van der Waals surface area contributed by atoms with Gasteiger partial charge in [-0.15, -0.1) is 0 Å². The van der Waals surface area contributed by atoms with E-state index in [4.69, 9.17) is 14.2 Å². The van der Waals surface area contributed by atoms with Crippen LogP contribution in [0.2, 0.25) is 0 Å². The molecule has 0 amide bonds. The summed E-state index contributed by atoms with van der Waals surface area (Å²) in [6.45, 7) is 2.38. The molecule has 0 aliphatic rings. The quantitative estimate of drug-likeness (QED) is 0.326. The monoisotopic (exact) mass is 389 g/mol. The van der Waals surface area contributed by atoms with Gasteiger partial charge in [0.25, 0.3) is 0 Å². The lowest BCUT2D eigenvalue weighted by molar-refractivity contribution is 0.561. The second-order valence-corrected chi connectivity index (χ2v) is 6.53. The summed E-state index contributed by atoms with van der Waals surface area (Å²) in [4.78, 5) is 26.8. The number of nitrogens with one attached hydrogen (secondary N) is 1. The number of benzene rings is 2. The van der Waals surface area contributed by atoms with Crippen molar-refractivity contribution in [1.29, 1.82) is 5.41 Å². The molecular weight excluding hydrogens is 370 g/mol. The molecule has 7 heteroatoms. The van der Waals surface area contributed by atoms with Crippen LogP contribution < -0.4 is 21.1 Å². The van der Waals surface area contributed by atoms with E-state index in [1.165, 1.54) is 12.1 Å². The van der Waals surface area contributed by atoms with Crippen LogP contribution in [0, 0.1) is 5.41 Å². The summed E-state index contributed by atoms with van der Waals surface area (Å²) in [5.41, 5.74) is 1.13. The van der Waals surface area contributed by atoms with Gasteiger partial charge in [-0.2, -0.15) is 0 Å². The van der Waals surface area contributed by atoms with E-state index in [2.05, 4.69) is 0 Å². The third-order valence-electron chi connectivity index (χ3n) is 4.79. The van der Waals surface area contributed by atoms with E-state index in [-0.39, 0.29) is 5.96 Å². The van der Waals surface area contributed by atoms with E-state index in [0.717, 1.165) is 10.8 Å². The highest BCUT2D eigenvalue weighted by Crippen LogP contribution is 2.29. The molecule has 4 aromatic rings. The Morgan fingerprint density at radius 3 is 1.90 bits per heavy atom. The van der Waals surface area contributed by atoms with Gasteiger partial charge in [0.2, 0.25) is 5.96 Å². The Labute approximate surface area is 165 Å². The summed E-state index contributed by atoms with van der Waals surface area (Å²) in [5.74, 6) is 0.144. The first-order valence-corrected chi connectivity index (χ1v) is 9.15. The van der Waals surface area contributed by atoms with Crippen molar-refractivity contribution in [2.75, 3.05) is 23.4 Å². The summed E-state index contributed by atoms with van der Waals surface area (Å²) < 4.78 is 10.8. The highest BCUT2D eigenvalue weighted by atomic mass is 16.4. The zero-order chi connectivity index (χ0) is 20.5. The van der Waals surface area contributed by atoms with Crippen molar-refractivity contribution < 1.29 is 8.83 Å². The van der Waals surface area contributed by atoms with Crippen molar-refractivity contribution in [2.24, 2.45) is 0 Å². The largest absolute Gasteiger partial charge is 0.420 e. The Morgan fingerprint density at radius 2 is 1.34 bits per heavy atom. The molecule has 2 aromatic carbocycles. The number of nitrogens with zero attached hydrogens (tertiary/aromatic N) is 2. The molecule has 4 rings (SSSR count). The van der Waals surface area contributed by atoms with Gasteiger partial charge in [-0.25, -0.2) is 9.59 Å². The smallest absolute Gasteiger partial charge is 0.336 e. The van der Waals surface area contributed by atoms with Gasteiger partial charge in [-0.3, -0.25) is 5.41 Å². The molecule has 0 aliphatic heterocycles. The molecule has 1 N–H and O–H groups in total. The predicted molar refractivity (Wildman–Crippen MR) is 114 cm³/mol. The van der Waals surface area contributed by atoms with E-state index in [0.29, 0.717) is 29.1 Å². The molecule has 0 fully saturated rings. The minimum atomic E-state index is -0.451. The van der Waals surface area contributed by atoms with Crippen LogP contribution in [0.1, 0.15) is 6.92 Å². The molecule has 0 bridgehead atoms. The fourth-order valence-corrected chi connectivity index (χ4v) is 3.36. The van der Waals surface area contributed by atoms with Crippen LogP contribution >= 0.6 is 0 Å². The first-order chi connectivity index (χ1) is 14.0. The van der Waals surface area contributed by atoms with Gasteiger partial charge >= 0.3 is 11.3 Å². The highest BCUT2D eigenvalue weighted by molar-refractivity contribution is 6.11. The van der Waals surface area contributed by atoms with Crippen molar-refractivity contribution in [1.82, 2.24) is 0 Å². The lowest BCUT2D eigenvalue weighted by Crippen LogP contribution is -2.42. The number of hydrogen-bond donors (Lipinski definition) is 1. The number of hydrogen-bond acceptors (Lipinski definition) is 5. The molecule has 0 spiro atoms. The lowest BCUT2D eigenvalue weighted by atomic mass is 10.2. The molecule has 0 unspecified atom stereocenters. The molecule has 0 aliphatic carbocycles. The summed E-state index contributed by atoms with van der Waals surface area (Å²) in [6, 6.07) is 17.1. The Bertz CT molecular complexity index is 1340. The van der Waals surface area contributed by atoms with Crippen molar-refractivity contribution in [3.8, 4) is 0 Å². The Kier molecular flexibility index (Phi) is 4.64.